The Labute approximate surface area is 114 Å². The number of benzene rings is 1. The average Bonchev–Trinajstić information content (AvgIpc) is 3.14. The molecule has 0 aliphatic carbocycles. The summed E-state index contributed by atoms with van der Waals surface area (Å²) in [6.07, 6.45) is -0.195. The first kappa shape index (κ1) is 11.8. The first-order valence-electron chi connectivity index (χ1n) is 6.57. The zero-order valence-electron chi connectivity index (χ0n) is 10.6. The highest BCUT2D eigenvalue weighted by Gasteiger charge is 2.44. The molecule has 4 rings (SSSR count). The Morgan fingerprint density at radius 3 is 3.20 bits per heavy atom. The van der Waals surface area contributed by atoms with Crippen molar-refractivity contribution in [3.05, 3.63) is 24.3 Å². The summed E-state index contributed by atoms with van der Waals surface area (Å²) < 4.78 is 17.5. The minimum Gasteiger partial charge on any atom is -0.442 e. The summed E-state index contributed by atoms with van der Waals surface area (Å²) in [4.78, 5) is 12.2. The van der Waals surface area contributed by atoms with Crippen LogP contribution in [0.2, 0.25) is 0 Å². The van der Waals surface area contributed by atoms with Crippen LogP contribution in [-0.2, 0) is 14.2 Å². The molecule has 1 aromatic heterocycles. The van der Waals surface area contributed by atoms with Crippen LogP contribution in [-0.4, -0.2) is 46.7 Å². The van der Waals surface area contributed by atoms with Gasteiger partial charge in [0, 0.05) is 0 Å². The topological polar surface area (TPSA) is 75.5 Å². The third-order valence-corrected chi connectivity index (χ3v) is 3.76. The first-order valence-corrected chi connectivity index (χ1v) is 6.57. The molecule has 1 aromatic carbocycles. The molecule has 2 aliphatic rings. The predicted octanol–water partition coefficient (Wildman–Crippen LogP) is 1.18. The Balaban J connectivity index is 1.56. The molecule has 3 atom stereocenters. The van der Waals surface area contributed by atoms with E-state index in [1.165, 1.54) is 4.68 Å². The van der Waals surface area contributed by atoms with Crippen LogP contribution in [0, 0.1) is 5.92 Å². The largest absolute Gasteiger partial charge is 0.442 e. The molecule has 2 saturated heterocycles. The Kier molecular flexibility index (Phi) is 2.68. The van der Waals surface area contributed by atoms with Gasteiger partial charge in [0.05, 0.1) is 19.1 Å². The van der Waals surface area contributed by atoms with Crippen molar-refractivity contribution in [1.29, 1.82) is 0 Å². The zero-order chi connectivity index (χ0) is 13.5. The van der Waals surface area contributed by atoms with Gasteiger partial charge in [-0.3, -0.25) is 0 Å². The van der Waals surface area contributed by atoms with Crippen LogP contribution in [0.5, 0.6) is 0 Å². The SMILES string of the molecule is O=C(O[C@H]1CO[C@H]2OCC[C@H]21)n1nnc2ccccc21. The smallest absolute Gasteiger partial charge is 0.437 e. The van der Waals surface area contributed by atoms with Crippen LogP contribution in [0.4, 0.5) is 4.79 Å². The average molecular weight is 275 g/mol. The lowest BCUT2D eigenvalue weighted by Gasteiger charge is -2.15. The summed E-state index contributed by atoms with van der Waals surface area (Å²) in [6, 6.07) is 7.25. The molecule has 7 nitrogen and oxygen atoms in total. The van der Waals surface area contributed by atoms with Gasteiger partial charge in [0.1, 0.15) is 17.1 Å². The first-order chi connectivity index (χ1) is 9.83. The van der Waals surface area contributed by atoms with Crippen LogP contribution in [0.15, 0.2) is 24.3 Å². The van der Waals surface area contributed by atoms with E-state index in [0.29, 0.717) is 24.2 Å². The fourth-order valence-corrected chi connectivity index (χ4v) is 2.73. The lowest BCUT2D eigenvalue weighted by atomic mass is 10.0. The second-order valence-electron chi connectivity index (χ2n) is 4.94. The maximum absolute atomic E-state index is 12.2. The third-order valence-electron chi connectivity index (χ3n) is 3.76. The van der Waals surface area contributed by atoms with Crippen LogP contribution in [0.25, 0.3) is 11.0 Å². The number of carbonyl (C=O) groups excluding carboxylic acids is 1. The van der Waals surface area contributed by atoms with Gasteiger partial charge in [-0.05, 0) is 18.6 Å². The lowest BCUT2D eigenvalue weighted by molar-refractivity contribution is -0.0907. The molecule has 2 fully saturated rings. The molecule has 0 N–H and O–H groups in total. The van der Waals surface area contributed by atoms with Crippen molar-refractivity contribution in [1.82, 2.24) is 15.0 Å². The molecule has 104 valence electrons. The van der Waals surface area contributed by atoms with Gasteiger partial charge in [0.15, 0.2) is 6.29 Å². The van der Waals surface area contributed by atoms with Crippen LogP contribution in [0.1, 0.15) is 6.42 Å². The molecule has 20 heavy (non-hydrogen) atoms. The molecule has 0 unspecified atom stereocenters. The van der Waals surface area contributed by atoms with E-state index in [-0.39, 0.29) is 18.3 Å². The quantitative estimate of drug-likeness (QED) is 0.778. The number of ether oxygens (including phenoxy) is 3. The maximum atomic E-state index is 12.2. The van der Waals surface area contributed by atoms with E-state index in [1.807, 2.05) is 12.1 Å². The molecule has 0 radical (unpaired) electrons. The van der Waals surface area contributed by atoms with Crippen molar-refractivity contribution in [2.45, 2.75) is 18.8 Å². The van der Waals surface area contributed by atoms with Crippen molar-refractivity contribution >= 4 is 17.1 Å². The zero-order valence-corrected chi connectivity index (χ0v) is 10.6. The van der Waals surface area contributed by atoms with E-state index < -0.39 is 6.09 Å². The fraction of sp³-hybridized carbons (Fsp3) is 0.462. The number of hydrogen-bond acceptors (Lipinski definition) is 6. The van der Waals surface area contributed by atoms with Crippen molar-refractivity contribution in [3.63, 3.8) is 0 Å². The van der Waals surface area contributed by atoms with E-state index in [4.69, 9.17) is 14.2 Å². The molecule has 2 aliphatic heterocycles. The van der Waals surface area contributed by atoms with Gasteiger partial charge >= 0.3 is 6.09 Å². The molecule has 0 spiro atoms. The summed E-state index contributed by atoms with van der Waals surface area (Å²) in [5.41, 5.74) is 1.30. The van der Waals surface area contributed by atoms with Crippen LogP contribution < -0.4 is 0 Å². The Morgan fingerprint density at radius 1 is 1.35 bits per heavy atom. The number of para-hydroxylation sites is 1. The lowest BCUT2D eigenvalue weighted by Crippen LogP contribution is -2.29. The van der Waals surface area contributed by atoms with Crippen molar-refractivity contribution in [3.8, 4) is 0 Å². The summed E-state index contributed by atoms with van der Waals surface area (Å²) >= 11 is 0. The fourth-order valence-electron chi connectivity index (χ4n) is 2.73. The van der Waals surface area contributed by atoms with Gasteiger partial charge in [0.25, 0.3) is 0 Å². The van der Waals surface area contributed by atoms with Gasteiger partial charge < -0.3 is 14.2 Å². The highest BCUT2D eigenvalue weighted by atomic mass is 16.7. The van der Waals surface area contributed by atoms with E-state index in [9.17, 15) is 4.79 Å². The number of rotatable bonds is 1. The van der Waals surface area contributed by atoms with Gasteiger partial charge in [-0.25, -0.2) is 4.79 Å². The number of carbonyl (C=O) groups is 1. The number of hydrogen-bond donors (Lipinski definition) is 0. The molecule has 7 heteroatoms. The standard InChI is InChI=1S/C13H13N3O4/c17-13(16-10-4-2-1-3-9(10)14-15-16)20-11-7-19-12-8(11)5-6-18-12/h1-4,8,11-12H,5-7H2/t8-,11-,12+/m0/s1. The Morgan fingerprint density at radius 2 is 2.25 bits per heavy atom. The van der Waals surface area contributed by atoms with E-state index in [1.54, 1.807) is 12.1 Å². The van der Waals surface area contributed by atoms with Crippen LogP contribution >= 0.6 is 0 Å². The number of aromatic nitrogens is 3. The van der Waals surface area contributed by atoms with Crippen molar-refractivity contribution in [2.24, 2.45) is 5.92 Å². The second-order valence-corrected chi connectivity index (χ2v) is 4.94. The number of fused-ring (bicyclic) bond motifs is 2. The van der Waals surface area contributed by atoms with E-state index in [2.05, 4.69) is 10.3 Å². The third kappa shape index (κ3) is 1.78. The maximum Gasteiger partial charge on any atom is 0.437 e. The monoisotopic (exact) mass is 275 g/mol. The predicted molar refractivity (Wildman–Crippen MR) is 67.0 cm³/mol. The molecular weight excluding hydrogens is 262 g/mol. The normalized spacial score (nSPS) is 28.7. The van der Waals surface area contributed by atoms with Gasteiger partial charge in [-0.15, -0.1) is 9.78 Å². The van der Waals surface area contributed by atoms with E-state index >= 15 is 0 Å². The molecule has 0 amide bonds. The molecule has 0 saturated carbocycles. The molecule has 0 bridgehead atoms. The van der Waals surface area contributed by atoms with Crippen molar-refractivity contribution in [2.75, 3.05) is 13.2 Å². The summed E-state index contributed by atoms with van der Waals surface area (Å²) in [5, 5.41) is 7.78. The summed E-state index contributed by atoms with van der Waals surface area (Å²) in [7, 11) is 0. The summed E-state index contributed by atoms with van der Waals surface area (Å²) in [6.45, 7) is 1.02. The molecular formula is C13H13N3O4. The summed E-state index contributed by atoms with van der Waals surface area (Å²) in [5.74, 6) is 0.119. The Hall–Kier alpha value is -1.99. The van der Waals surface area contributed by atoms with Gasteiger partial charge in [-0.2, -0.15) is 0 Å². The number of nitrogens with zero attached hydrogens (tertiary/aromatic N) is 3. The van der Waals surface area contributed by atoms with E-state index in [0.717, 1.165) is 6.42 Å². The van der Waals surface area contributed by atoms with Gasteiger partial charge in [0.2, 0.25) is 0 Å². The van der Waals surface area contributed by atoms with Crippen molar-refractivity contribution < 1.29 is 19.0 Å². The van der Waals surface area contributed by atoms with Gasteiger partial charge in [-0.1, -0.05) is 17.3 Å². The molecule has 2 aromatic rings. The molecule has 3 heterocycles. The second kappa shape index (κ2) is 4.53. The Bertz CT molecular complexity index is 656. The minimum atomic E-state index is -0.528. The highest BCUT2D eigenvalue weighted by molar-refractivity contribution is 5.84. The van der Waals surface area contributed by atoms with Crippen LogP contribution in [0.3, 0.4) is 0 Å². The minimum absolute atomic E-state index is 0.119. The highest BCUT2D eigenvalue weighted by Crippen LogP contribution is 2.33.